The van der Waals surface area contributed by atoms with Crippen LogP contribution in [-0.4, -0.2) is 25.7 Å². The summed E-state index contributed by atoms with van der Waals surface area (Å²) in [4.78, 5) is 0. The molecular weight excluding hydrogens is 392 g/mol. The predicted octanol–water partition coefficient (Wildman–Crippen LogP) is 5.39. The molecule has 1 fully saturated rings. The Morgan fingerprint density at radius 1 is 0.966 bits per heavy atom. The first kappa shape index (κ1) is 24.3. The van der Waals surface area contributed by atoms with Gasteiger partial charge in [0.1, 0.15) is 0 Å². The second-order valence-corrected chi connectivity index (χ2v) is 8.86. The molecule has 0 bridgehead atoms. The Balaban J connectivity index is 1.55. The predicted molar refractivity (Wildman–Crippen MR) is 111 cm³/mol. The van der Waals surface area contributed by atoms with Crippen LogP contribution in [0.2, 0.25) is 0 Å². The summed E-state index contributed by atoms with van der Waals surface area (Å²) in [5.41, 5.74) is 1.48. The first-order chi connectivity index (χ1) is 14.0. The van der Waals surface area contributed by atoms with Crippen molar-refractivity contribution in [2.24, 2.45) is 0 Å². The van der Waals surface area contributed by atoms with Gasteiger partial charge in [-0.2, -0.15) is 0 Å². The third kappa shape index (κ3) is 10.6. The van der Waals surface area contributed by atoms with E-state index < -0.39 is 10.4 Å². The zero-order chi connectivity index (χ0) is 21.0. The minimum Gasteiger partial charge on any atom is -0.726 e. The normalized spacial score (nSPS) is 19.7. The molecular formula is C22H35O6S-. The molecule has 1 saturated heterocycles. The van der Waals surface area contributed by atoms with Gasteiger partial charge in [0, 0.05) is 5.56 Å². The van der Waals surface area contributed by atoms with Crippen molar-refractivity contribution < 1.29 is 26.6 Å². The van der Waals surface area contributed by atoms with Gasteiger partial charge < -0.3 is 14.0 Å². The molecule has 1 aliphatic rings. The van der Waals surface area contributed by atoms with Crippen molar-refractivity contribution in [1.82, 2.24) is 0 Å². The van der Waals surface area contributed by atoms with E-state index in [1.165, 1.54) is 57.8 Å². The van der Waals surface area contributed by atoms with Crippen molar-refractivity contribution in [3.8, 4) is 0 Å². The van der Waals surface area contributed by atoms with Crippen LogP contribution in [0.5, 0.6) is 0 Å². The molecule has 1 heterocycles. The summed E-state index contributed by atoms with van der Waals surface area (Å²) in [6.07, 6.45) is 14.0. The van der Waals surface area contributed by atoms with Gasteiger partial charge in [-0.25, -0.2) is 8.42 Å². The van der Waals surface area contributed by atoms with Crippen LogP contribution in [0.4, 0.5) is 0 Å². The lowest BCUT2D eigenvalue weighted by Gasteiger charge is -2.13. The van der Waals surface area contributed by atoms with Gasteiger partial charge in [-0.1, -0.05) is 95.4 Å². The number of benzene rings is 1. The second kappa shape index (κ2) is 13.3. The Bertz CT molecular complexity index is 658. The maximum atomic E-state index is 10.5. The molecule has 0 N–H and O–H groups in total. The first-order valence-electron chi connectivity index (χ1n) is 10.9. The summed E-state index contributed by atoms with van der Waals surface area (Å²) < 4.78 is 47.5. The van der Waals surface area contributed by atoms with Crippen molar-refractivity contribution in [3.63, 3.8) is 0 Å². The van der Waals surface area contributed by atoms with Gasteiger partial charge in [-0.05, 0) is 12.0 Å². The standard InChI is InChI=1S/C22H36O6S/c1-2-3-4-5-6-7-8-9-10-11-12-21-18-26-22(28-21)20-15-13-19(14-16-20)17-27-29(23,24)25/h13-16,21-22H,2-12,17-18H2,1H3,(H,23,24,25)/p-1. The molecule has 29 heavy (non-hydrogen) atoms. The van der Waals surface area contributed by atoms with Crippen LogP contribution in [0, 0.1) is 0 Å². The highest BCUT2D eigenvalue weighted by atomic mass is 32.3. The Kier molecular flexibility index (Phi) is 11.2. The van der Waals surface area contributed by atoms with Crippen molar-refractivity contribution in [2.45, 2.75) is 96.6 Å². The van der Waals surface area contributed by atoms with Crippen LogP contribution >= 0.6 is 0 Å². The van der Waals surface area contributed by atoms with Crippen LogP contribution < -0.4 is 0 Å². The molecule has 0 radical (unpaired) electrons. The highest BCUT2D eigenvalue weighted by Crippen LogP contribution is 2.29. The van der Waals surface area contributed by atoms with Gasteiger partial charge in [0.2, 0.25) is 10.4 Å². The third-order valence-corrected chi connectivity index (χ3v) is 5.66. The molecule has 0 aromatic heterocycles. The van der Waals surface area contributed by atoms with E-state index in [0.29, 0.717) is 12.2 Å². The molecule has 0 saturated carbocycles. The summed E-state index contributed by atoms with van der Waals surface area (Å²) >= 11 is 0. The molecule has 0 spiro atoms. The average molecular weight is 428 g/mol. The van der Waals surface area contributed by atoms with Gasteiger partial charge in [0.25, 0.3) is 0 Å². The number of ether oxygens (including phenoxy) is 2. The molecule has 7 heteroatoms. The Morgan fingerprint density at radius 3 is 2.14 bits per heavy atom. The minimum absolute atomic E-state index is 0.127. The third-order valence-electron chi connectivity index (χ3n) is 5.25. The lowest BCUT2D eigenvalue weighted by molar-refractivity contribution is -0.0614. The molecule has 2 unspecified atom stereocenters. The SMILES string of the molecule is CCCCCCCCCCCCC1COC(c2ccc(COS(=O)(=O)[O-])cc2)O1. The largest absolute Gasteiger partial charge is 0.726 e. The Labute approximate surface area is 175 Å². The molecule has 166 valence electrons. The fourth-order valence-corrected chi connectivity index (χ4v) is 3.83. The van der Waals surface area contributed by atoms with E-state index in [1.54, 1.807) is 12.1 Å². The molecule has 1 aliphatic heterocycles. The lowest BCUT2D eigenvalue weighted by Crippen LogP contribution is -2.09. The maximum absolute atomic E-state index is 10.5. The smallest absolute Gasteiger partial charge is 0.217 e. The van der Waals surface area contributed by atoms with Crippen molar-refractivity contribution in [1.29, 1.82) is 0 Å². The van der Waals surface area contributed by atoms with Gasteiger partial charge in [-0.3, -0.25) is 4.18 Å². The fourth-order valence-electron chi connectivity index (χ4n) is 3.54. The summed E-state index contributed by atoms with van der Waals surface area (Å²) in [7, 11) is -4.68. The van der Waals surface area contributed by atoms with E-state index in [9.17, 15) is 13.0 Å². The van der Waals surface area contributed by atoms with E-state index in [-0.39, 0.29) is 19.0 Å². The topological polar surface area (TPSA) is 84.9 Å². The number of rotatable bonds is 15. The van der Waals surface area contributed by atoms with Gasteiger partial charge in [0.05, 0.1) is 19.3 Å². The fraction of sp³-hybridized carbons (Fsp3) is 0.727. The Hall–Kier alpha value is -0.990. The zero-order valence-corrected chi connectivity index (χ0v) is 18.3. The highest BCUT2D eigenvalue weighted by molar-refractivity contribution is 7.80. The average Bonchev–Trinajstić information content (AvgIpc) is 3.16. The van der Waals surface area contributed by atoms with Crippen LogP contribution in [0.1, 0.15) is 95.0 Å². The van der Waals surface area contributed by atoms with Gasteiger partial charge >= 0.3 is 0 Å². The van der Waals surface area contributed by atoms with Crippen molar-refractivity contribution in [2.75, 3.05) is 6.61 Å². The Morgan fingerprint density at radius 2 is 1.55 bits per heavy atom. The molecule has 0 amide bonds. The van der Waals surface area contributed by atoms with E-state index in [0.717, 1.165) is 18.4 Å². The van der Waals surface area contributed by atoms with Crippen LogP contribution in [0.15, 0.2) is 24.3 Å². The minimum atomic E-state index is -4.68. The monoisotopic (exact) mass is 427 g/mol. The molecule has 0 aliphatic carbocycles. The van der Waals surface area contributed by atoms with E-state index in [4.69, 9.17) is 9.47 Å². The number of unbranched alkanes of at least 4 members (excludes halogenated alkanes) is 9. The number of hydrogen-bond acceptors (Lipinski definition) is 6. The summed E-state index contributed by atoms with van der Waals surface area (Å²) in [5.74, 6) is 0. The molecule has 2 atom stereocenters. The lowest BCUT2D eigenvalue weighted by atomic mass is 10.0. The van der Waals surface area contributed by atoms with Crippen LogP contribution in [0.3, 0.4) is 0 Å². The van der Waals surface area contributed by atoms with Gasteiger partial charge in [-0.15, -0.1) is 0 Å². The molecule has 2 rings (SSSR count). The molecule has 1 aromatic carbocycles. The quantitative estimate of drug-likeness (QED) is 0.212. The first-order valence-corrected chi connectivity index (χ1v) is 12.3. The van der Waals surface area contributed by atoms with E-state index in [1.807, 2.05) is 12.1 Å². The maximum Gasteiger partial charge on any atom is 0.217 e. The number of hydrogen-bond donors (Lipinski definition) is 0. The summed E-state index contributed by atoms with van der Waals surface area (Å²) in [6, 6.07) is 7.04. The molecule has 6 nitrogen and oxygen atoms in total. The van der Waals surface area contributed by atoms with Crippen LogP contribution in [-0.2, 0) is 30.7 Å². The van der Waals surface area contributed by atoms with Crippen molar-refractivity contribution >= 4 is 10.4 Å². The highest BCUT2D eigenvalue weighted by Gasteiger charge is 2.26. The van der Waals surface area contributed by atoms with E-state index in [2.05, 4.69) is 11.1 Å². The van der Waals surface area contributed by atoms with E-state index >= 15 is 0 Å². The van der Waals surface area contributed by atoms with Crippen LogP contribution in [0.25, 0.3) is 0 Å². The second-order valence-electron chi connectivity index (χ2n) is 7.81. The molecule has 1 aromatic rings. The van der Waals surface area contributed by atoms with Gasteiger partial charge in [0.15, 0.2) is 6.29 Å². The van der Waals surface area contributed by atoms with Crippen molar-refractivity contribution in [3.05, 3.63) is 35.4 Å². The summed E-state index contributed by atoms with van der Waals surface area (Å²) in [5, 5.41) is 0. The summed E-state index contributed by atoms with van der Waals surface area (Å²) in [6.45, 7) is 2.59. The zero-order valence-electron chi connectivity index (χ0n) is 17.5.